The lowest BCUT2D eigenvalue weighted by atomic mass is 10.3. The Morgan fingerprint density at radius 2 is 0.878 bits per heavy atom. The van der Waals surface area contributed by atoms with Crippen LogP contribution in [0.25, 0.3) is 0 Å². The van der Waals surface area contributed by atoms with E-state index < -0.39 is 41.4 Å². The topological polar surface area (TPSA) is 127 Å². The van der Waals surface area contributed by atoms with Crippen LogP contribution in [0, 0.1) is 23.3 Å². The molecule has 0 aromatic heterocycles. The second-order valence-electron chi connectivity index (χ2n) is 8.66. The lowest BCUT2D eigenvalue weighted by Crippen LogP contribution is -2.44. The van der Waals surface area contributed by atoms with Crippen LogP contribution in [-0.4, -0.2) is 62.3 Å². The van der Waals surface area contributed by atoms with E-state index >= 15 is 0 Å². The van der Waals surface area contributed by atoms with E-state index in [1.807, 2.05) is 4.90 Å². The zero-order valence-electron chi connectivity index (χ0n) is 21.8. The summed E-state index contributed by atoms with van der Waals surface area (Å²) in [6.45, 7) is 1.36. The number of halogens is 4. The van der Waals surface area contributed by atoms with Gasteiger partial charge < -0.3 is 31.9 Å². The third-order valence-corrected chi connectivity index (χ3v) is 5.43. The van der Waals surface area contributed by atoms with Crippen LogP contribution in [0.5, 0.6) is 0 Å². The Hall–Kier alpha value is -4.85. The van der Waals surface area contributed by atoms with Crippen LogP contribution < -0.4 is 31.9 Å². The molecule has 218 valence electrons. The molecule has 0 aliphatic carbocycles. The summed E-state index contributed by atoms with van der Waals surface area (Å²) >= 11 is 0. The first-order valence-corrected chi connectivity index (χ1v) is 12.5. The number of carbonyl (C=O) groups excluding carboxylic acids is 3. The van der Waals surface area contributed by atoms with E-state index in [1.165, 1.54) is 48.5 Å². The summed E-state index contributed by atoms with van der Waals surface area (Å²) in [6, 6.07) is 11.6. The Labute approximate surface area is 233 Å². The predicted molar refractivity (Wildman–Crippen MR) is 147 cm³/mol. The molecule has 0 saturated carbocycles. The molecule has 0 bridgehead atoms. The van der Waals surface area contributed by atoms with Gasteiger partial charge >= 0.3 is 18.1 Å². The maximum atomic E-state index is 13.3. The van der Waals surface area contributed by atoms with Crippen molar-refractivity contribution in [3.05, 3.63) is 90.0 Å². The maximum absolute atomic E-state index is 13.3. The van der Waals surface area contributed by atoms with E-state index in [0.717, 1.165) is 12.1 Å². The number of hydrogen-bond acceptors (Lipinski definition) is 4. The molecule has 41 heavy (non-hydrogen) atoms. The van der Waals surface area contributed by atoms with Crippen LogP contribution in [0.3, 0.4) is 0 Å². The molecule has 10 nitrogen and oxygen atoms in total. The number of nitrogens with zero attached hydrogens (tertiary/aromatic N) is 1. The number of rotatable bonds is 12. The van der Waals surface area contributed by atoms with Crippen LogP contribution >= 0.6 is 0 Å². The van der Waals surface area contributed by atoms with Crippen LogP contribution in [0.4, 0.5) is 49.0 Å². The summed E-state index contributed by atoms with van der Waals surface area (Å²) < 4.78 is 53.3. The van der Waals surface area contributed by atoms with E-state index in [0.29, 0.717) is 19.2 Å². The van der Waals surface area contributed by atoms with Crippen molar-refractivity contribution in [3.8, 4) is 0 Å². The maximum Gasteiger partial charge on any atom is 0.319 e. The number of nitrogens with one attached hydrogen (secondary N) is 6. The minimum atomic E-state index is -0.839. The average Bonchev–Trinajstić information content (AvgIpc) is 2.88. The Kier molecular flexibility index (Phi) is 11.7. The molecule has 6 amide bonds. The fraction of sp³-hybridized carbons (Fsp3) is 0.222. The Morgan fingerprint density at radius 1 is 0.512 bits per heavy atom. The zero-order valence-corrected chi connectivity index (χ0v) is 21.8. The standard InChI is InChI=1S/C27H29F4N7O3/c28-18-3-1-5-22(14-18)35-25(39)32-7-10-38(11-8-33-26(40)36-23-6-2-4-19(29)15-23)12-9-34-27(41)37-24-16-20(30)13-21(31)17-24/h1-6,13-17H,7-12H2,(H2,32,35,39)(H2,33,36,40)(H2,34,37,41). The number of urea groups is 3. The monoisotopic (exact) mass is 575 g/mol. The van der Waals surface area contributed by atoms with Crippen LogP contribution in [-0.2, 0) is 0 Å². The van der Waals surface area contributed by atoms with E-state index in [9.17, 15) is 31.9 Å². The Bertz CT molecular complexity index is 1260. The van der Waals surface area contributed by atoms with Crippen molar-refractivity contribution in [3.63, 3.8) is 0 Å². The van der Waals surface area contributed by atoms with Gasteiger partial charge in [0.15, 0.2) is 0 Å². The number of benzene rings is 3. The van der Waals surface area contributed by atoms with Gasteiger partial charge in [-0.3, -0.25) is 4.90 Å². The molecule has 14 heteroatoms. The highest BCUT2D eigenvalue weighted by Gasteiger charge is 2.10. The summed E-state index contributed by atoms with van der Waals surface area (Å²) in [5, 5.41) is 15.2. The fourth-order valence-corrected chi connectivity index (χ4v) is 3.60. The highest BCUT2D eigenvalue weighted by atomic mass is 19.1. The molecule has 0 unspecified atom stereocenters. The van der Waals surface area contributed by atoms with Gasteiger partial charge in [0.25, 0.3) is 0 Å². The first-order valence-electron chi connectivity index (χ1n) is 12.5. The Balaban J connectivity index is 1.47. The molecular weight excluding hydrogens is 546 g/mol. The first kappa shape index (κ1) is 30.7. The van der Waals surface area contributed by atoms with E-state index in [1.54, 1.807) is 0 Å². The second kappa shape index (κ2) is 15.7. The lowest BCUT2D eigenvalue weighted by Gasteiger charge is -2.23. The van der Waals surface area contributed by atoms with Gasteiger partial charge in [-0.15, -0.1) is 0 Å². The van der Waals surface area contributed by atoms with Gasteiger partial charge in [0.2, 0.25) is 0 Å². The third kappa shape index (κ3) is 11.8. The van der Waals surface area contributed by atoms with Crippen LogP contribution in [0.15, 0.2) is 66.7 Å². The second-order valence-corrected chi connectivity index (χ2v) is 8.66. The summed E-state index contributed by atoms with van der Waals surface area (Å²) in [4.78, 5) is 38.3. The minimum Gasteiger partial charge on any atom is -0.337 e. The highest BCUT2D eigenvalue weighted by molar-refractivity contribution is 5.90. The summed E-state index contributed by atoms with van der Waals surface area (Å²) in [5.74, 6) is -2.67. The largest absolute Gasteiger partial charge is 0.337 e. The van der Waals surface area contributed by atoms with Crippen molar-refractivity contribution >= 4 is 35.2 Å². The zero-order chi connectivity index (χ0) is 29.6. The van der Waals surface area contributed by atoms with Crippen LogP contribution in [0.1, 0.15) is 0 Å². The van der Waals surface area contributed by atoms with Crippen molar-refractivity contribution in [2.24, 2.45) is 0 Å². The molecule has 3 rings (SSSR count). The minimum absolute atomic E-state index is 0.0566. The van der Waals surface area contributed by atoms with Crippen molar-refractivity contribution in [2.45, 2.75) is 0 Å². The molecule has 0 aliphatic rings. The number of amides is 6. The van der Waals surface area contributed by atoms with Gasteiger partial charge in [-0.2, -0.15) is 0 Å². The smallest absolute Gasteiger partial charge is 0.319 e. The molecule has 0 atom stereocenters. The SMILES string of the molecule is O=C(NCCN(CCNC(=O)Nc1cccc(F)c1)CCNC(=O)Nc1cc(F)cc(F)c1)Nc1cccc(F)c1. The van der Waals surface area contributed by atoms with Crippen molar-refractivity contribution < 1.29 is 31.9 Å². The summed E-state index contributed by atoms with van der Waals surface area (Å²) in [7, 11) is 0. The normalized spacial score (nSPS) is 10.6. The van der Waals surface area contributed by atoms with Gasteiger partial charge in [-0.25, -0.2) is 31.9 Å². The third-order valence-electron chi connectivity index (χ3n) is 5.43. The van der Waals surface area contributed by atoms with Crippen molar-refractivity contribution in [1.29, 1.82) is 0 Å². The molecule has 0 heterocycles. The average molecular weight is 576 g/mol. The molecule has 3 aromatic carbocycles. The molecule has 0 saturated heterocycles. The van der Waals surface area contributed by atoms with Crippen LogP contribution in [0.2, 0.25) is 0 Å². The molecule has 0 radical (unpaired) electrons. The van der Waals surface area contributed by atoms with Crippen molar-refractivity contribution in [2.75, 3.05) is 55.2 Å². The fourth-order valence-electron chi connectivity index (χ4n) is 3.60. The molecular formula is C27H29F4N7O3. The highest BCUT2D eigenvalue weighted by Crippen LogP contribution is 2.13. The lowest BCUT2D eigenvalue weighted by molar-refractivity contribution is 0.238. The summed E-state index contributed by atoms with van der Waals surface area (Å²) in [6.07, 6.45) is 0. The molecule has 6 N–H and O–H groups in total. The number of hydrogen-bond donors (Lipinski definition) is 6. The predicted octanol–water partition coefficient (Wildman–Crippen LogP) is 4.31. The van der Waals surface area contributed by atoms with E-state index in [-0.39, 0.29) is 43.2 Å². The van der Waals surface area contributed by atoms with Gasteiger partial charge in [0.1, 0.15) is 23.3 Å². The summed E-state index contributed by atoms with van der Waals surface area (Å²) in [5.41, 5.74) is 0.501. The first-order chi connectivity index (χ1) is 19.7. The van der Waals surface area contributed by atoms with Gasteiger partial charge in [0.05, 0.1) is 0 Å². The molecule has 3 aromatic rings. The van der Waals surface area contributed by atoms with Crippen molar-refractivity contribution in [1.82, 2.24) is 20.9 Å². The molecule has 0 spiro atoms. The quantitative estimate of drug-likeness (QED) is 0.180. The van der Waals surface area contributed by atoms with Gasteiger partial charge in [-0.1, -0.05) is 12.1 Å². The molecule has 0 aliphatic heterocycles. The van der Waals surface area contributed by atoms with E-state index in [4.69, 9.17) is 0 Å². The number of anilines is 3. The van der Waals surface area contributed by atoms with Gasteiger partial charge in [0, 0.05) is 62.4 Å². The van der Waals surface area contributed by atoms with E-state index in [2.05, 4.69) is 31.9 Å². The Morgan fingerprint density at radius 3 is 1.27 bits per heavy atom. The molecule has 0 fully saturated rings. The van der Waals surface area contributed by atoms with Gasteiger partial charge in [-0.05, 0) is 48.5 Å². The number of carbonyl (C=O) groups is 3.